The molecule has 9 nitrogen and oxygen atoms in total. The van der Waals surface area contributed by atoms with Crippen molar-refractivity contribution >= 4 is 39.7 Å². The van der Waals surface area contributed by atoms with Gasteiger partial charge in [0.15, 0.2) is 0 Å². The van der Waals surface area contributed by atoms with E-state index in [-0.39, 0.29) is 47.4 Å². The number of hydrogen-bond acceptors (Lipinski definition) is 9. The number of ether oxygens (including phenoxy) is 2. The first-order valence-corrected chi connectivity index (χ1v) is 15.9. The Labute approximate surface area is 269 Å². The van der Waals surface area contributed by atoms with Gasteiger partial charge in [-0.1, -0.05) is 6.07 Å². The van der Waals surface area contributed by atoms with Crippen molar-refractivity contribution < 1.29 is 28.2 Å². The van der Waals surface area contributed by atoms with E-state index in [1.165, 1.54) is 28.7 Å². The summed E-state index contributed by atoms with van der Waals surface area (Å²) in [4.78, 5) is 30.6. The summed E-state index contributed by atoms with van der Waals surface area (Å²) in [5.74, 6) is 4.47. The highest BCUT2D eigenvalue weighted by molar-refractivity contribution is 7.12. The lowest BCUT2D eigenvalue weighted by Gasteiger charge is -2.27. The van der Waals surface area contributed by atoms with Crippen molar-refractivity contribution in [2.45, 2.75) is 32.1 Å². The molecule has 6 aromatic rings. The van der Waals surface area contributed by atoms with Gasteiger partial charge in [0.05, 0.1) is 62.6 Å². The van der Waals surface area contributed by atoms with Gasteiger partial charge in [-0.15, -0.1) is 22.7 Å². The van der Waals surface area contributed by atoms with E-state index in [9.17, 15) is 9.90 Å². The second kappa shape index (κ2) is 12.8. The molecule has 0 bridgehead atoms. The molecule has 2 aromatic carbocycles. The Morgan fingerprint density at radius 3 is 2.74 bits per heavy atom. The van der Waals surface area contributed by atoms with Crippen LogP contribution in [0.2, 0.25) is 0 Å². The molecule has 0 radical (unpaired) electrons. The van der Waals surface area contributed by atoms with Crippen LogP contribution in [0.15, 0.2) is 66.4 Å². The first-order valence-electron chi connectivity index (χ1n) is 14.2. The molecule has 1 unspecified atom stereocenters. The fourth-order valence-corrected chi connectivity index (χ4v) is 6.13. The first kappa shape index (κ1) is 29.7. The Balaban J connectivity index is 1.09. The lowest BCUT2D eigenvalue weighted by molar-refractivity contribution is -0.0589. The molecular formula is C33H23F2N5O4S2. The molecule has 1 atom stereocenters. The highest BCUT2D eigenvalue weighted by Crippen LogP contribution is 2.29. The quantitative estimate of drug-likeness (QED) is 0.180. The van der Waals surface area contributed by atoms with Crippen LogP contribution in [0.25, 0.3) is 22.3 Å². The van der Waals surface area contributed by atoms with Crippen molar-refractivity contribution in [1.29, 1.82) is 0 Å². The molecule has 1 N–H and O–H groups in total. The van der Waals surface area contributed by atoms with Gasteiger partial charge in [-0.05, 0) is 60.2 Å². The number of aromatic nitrogens is 5. The Kier molecular flexibility index (Phi) is 8.23. The fraction of sp³-hybridized carbons (Fsp3) is 0.182. The standard InChI is InChI=1S/C33H23F2N5O4S2/c34-25-13-24(27-2-1-3-31(39-27)44-17-32-37-15-23(46-32)6-5-22-14-36-18-45-22)26(35)10-20(25)12-30-38-28-7-4-19(33(41)42)11-29(28)40(30)16-21-8-9-43-21/h1-4,7,10-11,13-15,18,21H,8-9,12,16-17H2,(H,41,42). The monoisotopic (exact) mass is 655 g/mol. The molecule has 0 spiro atoms. The zero-order valence-electron chi connectivity index (χ0n) is 23.9. The number of halogens is 2. The summed E-state index contributed by atoms with van der Waals surface area (Å²) in [6.45, 7) is 1.21. The van der Waals surface area contributed by atoms with Crippen LogP contribution in [-0.2, 0) is 24.3 Å². The van der Waals surface area contributed by atoms with Gasteiger partial charge < -0.3 is 19.1 Å². The maximum absolute atomic E-state index is 15.5. The second-order valence-electron chi connectivity index (χ2n) is 10.4. The number of aromatic carboxylic acids is 1. The second-order valence-corrected chi connectivity index (χ2v) is 12.4. The van der Waals surface area contributed by atoms with Crippen LogP contribution in [0.5, 0.6) is 5.88 Å². The fourth-order valence-electron chi connectivity index (χ4n) is 4.98. The third-order valence-electron chi connectivity index (χ3n) is 7.38. The number of rotatable bonds is 9. The predicted molar refractivity (Wildman–Crippen MR) is 168 cm³/mol. The lowest BCUT2D eigenvalue weighted by atomic mass is 10.0. The summed E-state index contributed by atoms with van der Waals surface area (Å²) < 4.78 is 44.3. The van der Waals surface area contributed by atoms with Crippen molar-refractivity contribution in [3.05, 3.63) is 110 Å². The van der Waals surface area contributed by atoms with E-state index >= 15 is 8.78 Å². The van der Waals surface area contributed by atoms with Crippen molar-refractivity contribution in [3.63, 3.8) is 0 Å². The molecule has 1 saturated heterocycles. The van der Waals surface area contributed by atoms with E-state index in [0.717, 1.165) is 28.3 Å². The molecule has 7 rings (SSSR count). The maximum Gasteiger partial charge on any atom is 0.335 e. The van der Waals surface area contributed by atoms with Crippen LogP contribution in [0.3, 0.4) is 0 Å². The van der Waals surface area contributed by atoms with Crippen molar-refractivity contribution in [2.24, 2.45) is 0 Å². The van der Waals surface area contributed by atoms with Gasteiger partial charge in [-0.3, -0.25) is 4.98 Å². The largest absolute Gasteiger partial charge is 0.478 e. The number of fused-ring (bicyclic) bond motifs is 1. The number of nitrogens with zero attached hydrogens (tertiary/aromatic N) is 5. The zero-order valence-corrected chi connectivity index (χ0v) is 25.6. The minimum Gasteiger partial charge on any atom is -0.478 e. The van der Waals surface area contributed by atoms with Crippen LogP contribution < -0.4 is 4.74 Å². The van der Waals surface area contributed by atoms with Crippen LogP contribution in [0.4, 0.5) is 8.78 Å². The van der Waals surface area contributed by atoms with Crippen LogP contribution >= 0.6 is 22.7 Å². The minimum atomic E-state index is -1.06. The number of carbonyl (C=O) groups is 1. The van der Waals surface area contributed by atoms with Gasteiger partial charge in [0, 0.05) is 24.7 Å². The molecule has 230 valence electrons. The van der Waals surface area contributed by atoms with Gasteiger partial charge in [-0.25, -0.2) is 28.5 Å². The van der Waals surface area contributed by atoms with E-state index in [0.29, 0.717) is 35.0 Å². The summed E-state index contributed by atoms with van der Waals surface area (Å²) in [5, 5.41) is 10.2. The van der Waals surface area contributed by atoms with Crippen molar-refractivity contribution in [3.8, 4) is 29.0 Å². The molecule has 1 fully saturated rings. The van der Waals surface area contributed by atoms with E-state index in [2.05, 4.69) is 31.8 Å². The molecule has 46 heavy (non-hydrogen) atoms. The summed E-state index contributed by atoms with van der Waals surface area (Å²) >= 11 is 2.85. The highest BCUT2D eigenvalue weighted by Gasteiger charge is 2.24. The molecule has 0 amide bonds. The highest BCUT2D eigenvalue weighted by atomic mass is 32.1. The SMILES string of the molecule is O=C(O)c1ccc2nc(Cc3cc(F)c(-c4cccc(OCc5ncc(C#Cc6cncs6)s5)n4)cc3F)n(CC3CCO3)c2c1. The molecule has 1 aliphatic rings. The average Bonchev–Trinajstić information content (AvgIpc) is 3.79. The predicted octanol–water partition coefficient (Wildman–Crippen LogP) is 6.35. The summed E-state index contributed by atoms with van der Waals surface area (Å²) in [6.07, 6.45) is 4.15. The average molecular weight is 656 g/mol. The van der Waals surface area contributed by atoms with Crippen LogP contribution in [-0.4, -0.2) is 48.3 Å². The van der Waals surface area contributed by atoms with E-state index < -0.39 is 17.6 Å². The molecule has 1 aliphatic heterocycles. The maximum atomic E-state index is 15.5. The molecule has 13 heteroatoms. The number of thiazole rings is 2. The van der Waals surface area contributed by atoms with Crippen molar-refractivity contribution in [2.75, 3.05) is 6.61 Å². The van der Waals surface area contributed by atoms with E-state index in [1.807, 2.05) is 4.57 Å². The van der Waals surface area contributed by atoms with E-state index in [4.69, 9.17) is 9.47 Å². The smallest absolute Gasteiger partial charge is 0.335 e. The number of hydrogen-bond donors (Lipinski definition) is 1. The van der Waals surface area contributed by atoms with Gasteiger partial charge in [0.2, 0.25) is 5.88 Å². The van der Waals surface area contributed by atoms with Gasteiger partial charge in [0.25, 0.3) is 0 Å². The normalized spacial score (nSPS) is 14.1. The minimum absolute atomic E-state index is 0.00614. The number of pyridine rings is 1. The third-order valence-corrected chi connectivity index (χ3v) is 8.95. The molecule has 0 aliphatic carbocycles. The summed E-state index contributed by atoms with van der Waals surface area (Å²) in [6, 6.07) is 11.8. The molecule has 4 aromatic heterocycles. The third kappa shape index (κ3) is 6.36. The number of imidazole rings is 1. The summed E-state index contributed by atoms with van der Waals surface area (Å²) in [5.41, 5.74) is 3.31. The Bertz CT molecular complexity index is 2130. The number of benzene rings is 2. The van der Waals surface area contributed by atoms with Gasteiger partial charge in [-0.2, -0.15) is 0 Å². The Morgan fingerprint density at radius 1 is 1.09 bits per heavy atom. The summed E-state index contributed by atoms with van der Waals surface area (Å²) in [7, 11) is 0. The Hall–Kier alpha value is -5.03. The Morgan fingerprint density at radius 2 is 1.96 bits per heavy atom. The van der Waals surface area contributed by atoms with E-state index in [1.54, 1.807) is 48.2 Å². The van der Waals surface area contributed by atoms with Crippen LogP contribution in [0, 0.1) is 23.5 Å². The topological polar surface area (TPSA) is 112 Å². The van der Waals surface area contributed by atoms with Crippen LogP contribution in [0.1, 0.15) is 42.9 Å². The molecular weight excluding hydrogens is 633 g/mol. The van der Waals surface area contributed by atoms with Gasteiger partial charge >= 0.3 is 5.97 Å². The zero-order chi connectivity index (χ0) is 31.6. The van der Waals surface area contributed by atoms with Gasteiger partial charge in [0.1, 0.15) is 29.1 Å². The first-order chi connectivity index (χ1) is 22.4. The number of carboxylic acids is 1. The van der Waals surface area contributed by atoms with Crippen molar-refractivity contribution in [1.82, 2.24) is 24.5 Å². The molecule has 0 saturated carbocycles. The number of carboxylic acid groups (broad SMARTS) is 1. The lowest BCUT2D eigenvalue weighted by Crippen LogP contribution is -2.31. The molecule has 5 heterocycles.